The SMILES string of the molecule is CN(C)C(=O)Nc1ccc(Oc2cncnc2)cc1. The van der Waals surface area contributed by atoms with Crippen molar-refractivity contribution in [2.24, 2.45) is 0 Å². The summed E-state index contributed by atoms with van der Waals surface area (Å²) in [7, 11) is 3.37. The first-order chi connectivity index (χ1) is 9.15. The Bertz CT molecular complexity index is 540. The van der Waals surface area contributed by atoms with Gasteiger partial charge < -0.3 is 15.0 Å². The van der Waals surface area contributed by atoms with Gasteiger partial charge in [0.25, 0.3) is 0 Å². The van der Waals surface area contributed by atoms with Gasteiger partial charge in [-0.15, -0.1) is 0 Å². The molecule has 0 aliphatic rings. The van der Waals surface area contributed by atoms with E-state index in [9.17, 15) is 4.79 Å². The van der Waals surface area contributed by atoms with Gasteiger partial charge in [0.1, 0.15) is 12.1 Å². The van der Waals surface area contributed by atoms with E-state index in [-0.39, 0.29) is 6.03 Å². The van der Waals surface area contributed by atoms with E-state index < -0.39 is 0 Å². The van der Waals surface area contributed by atoms with Crippen LogP contribution >= 0.6 is 0 Å². The maximum absolute atomic E-state index is 11.5. The third-order valence-electron chi connectivity index (χ3n) is 2.28. The maximum Gasteiger partial charge on any atom is 0.321 e. The van der Waals surface area contributed by atoms with Crippen LogP contribution in [0.2, 0.25) is 0 Å². The van der Waals surface area contributed by atoms with E-state index in [0.717, 1.165) is 0 Å². The van der Waals surface area contributed by atoms with Gasteiger partial charge in [-0.05, 0) is 24.3 Å². The highest BCUT2D eigenvalue weighted by molar-refractivity contribution is 5.88. The minimum Gasteiger partial charge on any atom is -0.454 e. The summed E-state index contributed by atoms with van der Waals surface area (Å²) in [6.45, 7) is 0. The standard InChI is InChI=1S/C13H14N4O2/c1-17(2)13(18)16-10-3-5-11(6-4-10)19-12-7-14-9-15-8-12/h3-9H,1-2H3,(H,16,18). The number of carbonyl (C=O) groups excluding carboxylic acids is 1. The molecule has 98 valence electrons. The number of nitrogens with one attached hydrogen (secondary N) is 1. The van der Waals surface area contributed by atoms with Gasteiger partial charge in [-0.1, -0.05) is 0 Å². The van der Waals surface area contributed by atoms with Crippen LogP contribution in [0.4, 0.5) is 10.5 Å². The summed E-state index contributed by atoms with van der Waals surface area (Å²) < 4.78 is 5.54. The molecule has 1 aromatic carbocycles. The Morgan fingerprint density at radius 3 is 2.32 bits per heavy atom. The minimum absolute atomic E-state index is 0.176. The fourth-order valence-corrected chi connectivity index (χ4v) is 1.32. The lowest BCUT2D eigenvalue weighted by Crippen LogP contribution is -2.27. The molecule has 1 aromatic heterocycles. The quantitative estimate of drug-likeness (QED) is 0.917. The number of carbonyl (C=O) groups is 1. The fraction of sp³-hybridized carbons (Fsp3) is 0.154. The Morgan fingerprint density at radius 1 is 1.11 bits per heavy atom. The molecule has 0 aliphatic carbocycles. The molecule has 0 aliphatic heterocycles. The summed E-state index contributed by atoms with van der Waals surface area (Å²) in [5, 5.41) is 2.74. The van der Waals surface area contributed by atoms with Gasteiger partial charge in [-0.3, -0.25) is 0 Å². The first-order valence-electron chi connectivity index (χ1n) is 5.66. The lowest BCUT2D eigenvalue weighted by atomic mass is 10.3. The van der Waals surface area contributed by atoms with Crippen molar-refractivity contribution < 1.29 is 9.53 Å². The highest BCUT2D eigenvalue weighted by Gasteiger charge is 2.04. The molecule has 0 saturated carbocycles. The average Bonchev–Trinajstić information content (AvgIpc) is 2.42. The number of anilines is 1. The number of aromatic nitrogens is 2. The van der Waals surface area contributed by atoms with Gasteiger partial charge in [-0.2, -0.15) is 0 Å². The largest absolute Gasteiger partial charge is 0.454 e. The fourth-order valence-electron chi connectivity index (χ4n) is 1.32. The summed E-state index contributed by atoms with van der Waals surface area (Å²) in [5.74, 6) is 1.21. The molecule has 1 N–H and O–H groups in total. The molecule has 6 heteroatoms. The number of amides is 2. The molecule has 0 radical (unpaired) electrons. The number of benzene rings is 1. The van der Waals surface area contributed by atoms with Crippen LogP contribution in [0.15, 0.2) is 43.0 Å². The summed E-state index contributed by atoms with van der Waals surface area (Å²) in [6.07, 6.45) is 4.59. The molecule has 0 saturated heterocycles. The zero-order valence-electron chi connectivity index (χ0n) is 10.7. The molecule has 0 spiro atoms. The third-order valence-corrected chi connectivity index (χ3v) is 2.28. The van der Waals surface area contributed by atoms with Crippen LogP contribution in [0.1, 0.15) is 0 Å². The summed E-state index contributed by atoms with van der Waals surface area (Å²) >= 11 is 0. The predicted molar refractivity (Wildman–Crippen MR) is 71.3 cm³/mol. The second-order valence-electron chi connectivity index (χ2n) is 4.03. The van der Waals surface area contributed by atoms with Gasteiger partial charge in [0.05, 0.1) is 12.4 Å². The minimum atomic E-state index is -0.176. The number of hydrogen-bond donors (Lipinski definition) is 1. The van der Waals surface area contributed by atoms with Gasteiger partial charge >= 0.3 is 6.03 Å². The van der Waals surface area contributed by atoms with Gasteiger partial charge in [0.15, 0.2) is 5.75 Å². The van der Waals surface area contributed by atoms with Crippen LogP contribution in [-0.4, -0.2) is 35.0 Å². The third kappa shape index (κ3) is 3.67. The molecule has 0 bridgehead atoms. The van der Waals surface area contributed by atoms with Crippen molar-refractivity contribution in [1.82, 2.24) is 14.9 Å². The zero-order valence-corrected chi connectivity index (χ0v) is 10.7. The smallest absolute Gasteiger partial charge is 0.321 e. The predicted octanol–water partition coefficient (Wildman–Crippen LogP) is 2.36. The average molecular weight is 258 g/mol. The summed E-state index contributed by atoms with van der Waals surface area (Å²) in [4.78, 5) is 20.6. The van der Waals surface area contributed by atoms with Crippen LogP contribution in [0.5, 0.6) is 11.5 Å². The molecule has 6 nitrogen and oxygen atoms in total. The zero-order chi connectivity index (χ0) is 13.7. The van der Waals surface area contributed by atoms with E-state index in [1.807, 2.05) is 0 Å². The molecule has 0 fully saturated rings. The maximum atomic E-state index is 11.5. The Hall–Kier alpha value is -2.63. The van der Waals surface area contributed by atoms with E-state index in [2.05, 4.69) is 15.3 Å². The first-order valence-corrected chi connectivity index (χ1v) is 5.66. The van der Waals surface area contributed by atoms with Crippen molar-refractivity contribution in [2.75, 3.05) is 19.4 Å². The molecular weight excluding hydrogens is 244 g/mol. The normalized spacial score (nSPS) is 9.79. The van der Waals surface area contributed by atoms with Crippen LogP contribution in [0, 0.1) is 0 Å². The van der Waals surface area contributed by atoms with Crippen molar-refractivity contribution in [3.63, 3.8) is 0 Å². The number of nitrogens with zero attached hydrogens (tertiary/aromatic N) is 3. The summed E-state index contributed by atoms with van der Waals surface area (Å²) in [5.41, 5.74) is 0.704. The van der Waals surface area contributed by atoms with Crippen molar-refractivity contribution in [2.45, 2.75) is 0 Å². The van der Waals surface area contributed by atoms with E-state index in [0.29, 0.717) is 17.2 Å². The molecule has 2 aromatic rings. The Balaban J connectivity index is 2.01. The van der Waals surface area contributed by atoms with Crippen LogP contribution in [0.25, 0.3) is 0 Å². The van der Waals surface area contributed by atoms with Gasteiger partial charge in [-0.25, -0.2) is 14.8 Å². The Morgan fingerprint density at radius 2 is 1.74 bits per heavy atom. The lowest BCUT2D eigenvalue weighted by Gasteiger charge is -2.12. The van der Waals surface area contributed by atoms with E-state index in [1.54, 1.807) is 50.8 Å². The molecule has 19 heavy (non-hydrogen) atoms. The van der Waals surface area contributed by atoms with Crippen LogP contribution in [-0.2, 0) is 0 Å². The Labute approximate surface area is 111 Å². The van der Waals surface area contributed by atoms with Crippen molar-refractivity contribution in [1.29, 1.82) is 0 Å². The second-order valence-corrected chi connectivity index (χ2v) is 4.03. The first kappa shape index (κ1) is 12.8. The lowest BCUT2D eigenvalue weighted by molar-refractivity contribution is 0.230. The second kappa shape index (κ2) is 5.81. The highest BCUT2D eigenvalue weighted by Crippen LogP contribution is 2.21. The highest BCUT2D eigenvalue weighted by atomic mass is 16.5. The van der Waals surface area contributed by atoms with Gasteiger partial charge in [0.2, 0.25) is 0 Å². The van der Waals surface area contributed by atoms with E-state index >= 15 is 0 Å². The van der Waals surface area contributed by atoms with Crippen molar-refractivity contribution >= 4 is 11.7 Å². The van der Waals surface area contributed by atoms with E-state index in [1.165, 1.54) is 11.2 Å². The number of ether oxygens (including phenoxy) is 1. The molecule has 1 heterocycles. The number of rotatable bonds is 3. The number of hydrogen-bond acceptors (Lipinski definition) is 4. The van der Waals surface area contributed by atoms with E-state index in [4.69, 9.17) is 4.74 Å². The van der Waals surface area contributed by atoms with Gasteiger partial charge in [0, 0.05) is 19.8 Å². The van der Waals surface area contributed by atoms with Crippen molar-refractivity contribution in [3.8, 4) is 11.5 Å². The molecule has 0 atom stereocenters. The molecule has 2 amide bonds. The monoisotopic (exact) mass is 258 g/mol. The molecular formula is C13H14N4O2. The number of urea groups is 1. The Kier molecular flexibility index (Phi) is 3.92. The summed E-state index contributed by atoms with van der Waals surface area (Å²) in [6, 6.07) is 6.88. The van der Waals surface area contributed by atoms with Crippen LogP contribution in [0.3, 0.4) is 0 Å². The topological polar surface area (TPSA) is 67.4 Å². The van der Waals surface area contributed by atoms with Crippen molar-refractivity contribution in [3.05, 3.63) is 43.0 Å². The molecule has 2 rings (SSSR count). The molecule has 0 unspecified atom stereocenters. The van der Waals surface area contributed by atoms with Crippen LogP contribution < -0.4 is 10.1 Å².